The smallest absolute Gasteiger partial charge is 0.261 e. The van der Waals surface area contributed by atoms with Gasteiger partial charge in [-0.2, -0.15) is 0 Å². The van der Waals surface area contributed by atoms with Gasteiger partial charge in [0.2, 0.25) is 5.91 Å². The Morgan fingerprint density at radius 3 is 2.36 bits per heavy atom. The number of nitrogens with zero attached hydrogens (tertiary/aromatic N) is 1. The number of amides is 2. The largest absolute Gasteiger partial charge is 0.482 e. The maximum Gasteiger partial charge on any atom is 0.261 e. The Morgan fingerprint density at radius 2 is 1.71 bits per heavy atom. The molecule has 2 aromatic carbocycles. The molecule has 6 heteroatoms. The monoisotopic (exact) mass is 402 g/mol. The molecule has 0 aliphatic heterocycles. The molecule has 0 saturated carbocycles. The Balaban J connectivity index is 2.18. The summed E-state index contributed by atoms with van der Waals surface area (Å²) in [6, 6.07) is 14.1. The van der Waals surface area contributed by atoms with Crippen LogP contribution in [0.4, 0.5) is 0 Å². The van der Waals surface area contributed by atoms with Gasteiger partial charge in [-0.05, 0) is 51.0 Å². The van der Waals surface area contributed by atoms with Crippen LogP contribution in [0, 0.1) is 6.92 Å². The van der Waals surface area contributed by atoms with Crippen molar-refractivity contribution in [2.45, 2.75) is 46.3 Å². The number of aryl methyl sites for hydroxylation is 1. The fraction of sp³-hybridized carbons (Fsp3) is 0.364. The minimum absolute atomic E-state index is 0.00950. The topological polar surface area (TPSA) is 58.6 Å². The van der Waals surface area contributed by atoms with Crippen LogP contribution in [-0.2, 0) is 16.1 Å². The van der Waals surface area contributed by atoms with Gasteiger partial charge in [0.05, 0.1) is 5.02 Å². The van der Waals surface area contributed by atoms with Crippen molar-refractivity contribution in [2.75, 3.05) is 6.61 Å². The number of hydrogen-bond donors (Lipinski definition) is 1. The van der Waals surface area contributed by atoms with E-state index in [1.807, 2.05) is 45.0 Å². The molecule has 2 aromatic rings. The number of benzene rings is 2. The summed E-state index contributed by atoms with van der Waals surface area (Å²) >= 11 is 6.09. The van der Waals surface area contributed by atoms with E-state index in [1.54, 1.807) is 31.2 Å². The summed E-state index contributed by atoms with van der Waals surface area (Å²) in [5.41, 5.74) is 2.04. The molecule has 0 heterocycles. The first kappa shape index (κ1) is 21.8. The first-order valence-corrected chi connectivity index (χ1v) is 9.69. The molecule has 1 N–H and O–H groups in total. The number of rotatable bonds is 8. The zero-order valence-electron chi connectivity index (χ0n) is 16.7. The van der Waals surface area contributed by atoms with Gasteiger partial charge in [-0.3, -0.25) is 9.59 Å². The number of nitrogens with one attached hydrogen (secondary N) is 1. The summed E-state index contributed by atoms with van der Waals surface area (Å²) in [7, 11) is 0. The third-order valence-corrected chi connectivity index (χ3v) is 4.70. The Kier molecular flexibility index (Phi) is 7.88. The lowest BCUT2D eigenvalue weighted by atomic mass is 10.1. The van der Waals surface area contributed by atoms with E-state index in [9.17, 15) is 9.59 Å². The number of para-hydroxylation sites is 1. The van der Waals surface area contributed by atoms with Crippen LogP contribution in [0.15, 0.2) is 48.5 Å². The van der Waals surface area contributed by atoms with Gasteiger partial charge in [-0.1, -0.05) is 48.0 Å². The first-order valence-electron chi connectivity index (χ1n) is 9.31. The third kappa shape index (κ3) is 5.99. The van der Waals surface area contributed by atoms with Crippen molar-refractivity contribution in [3.05, 3.63) is 64.7 Å². The van der Waals surface area contributed by atoms with Gasteiger partial charge in [0.1, 0.15) is 11.8 Å². The van der Waals surface area contributed by atoms with Gasteiger partial charge in [0.25, 0.3) is 5.91 Å². The maximum atomic E-state index is 13.0. The standard InChI is InChI=1S/C22H27ClN2O3/c1-15(2)24-22(27)17(4)25(13-18-10-6-5-9-16(18)3)21(26)14-28-20-12-8-7-11-19(20)23/h5-12,15,17H,13-14H2,1-4H3,(H,24,27)/t17-/m1/s1. The van der Waals surface area contributed by atoms with Gasteiger partial charge in [0, 0.05) is 12.6 Å². The molecule has 0 aliphatic rings. The molecule has 0 fully saturated rings. The van der Waals surface area contributed by atoms with Crippen LogP contribution in [0.3, 0.4) is 0 Å². The summed E-state index contributed by atoms with van der Waals surface area (Å²) in [4.78, 5) is 27.0. The van der Waals surface area contributed by atoms with E-state index >= 15 is 0 Å². The average Bonchev–Trinajstić information content (AvgIpc) is 2.65. The highest BCUT2D eigenvalue weighted by Crippen LogP contribution is 2.23. The van der Waals surface area contributed by atoms with Crippen LogP contribution < -0.4 is 10.1 Å². The van der Waals surface area contributed by atoms with E-state index in [1.165, 1.54) is 4.90 Å². The van der Waals surface area contributed by atoms with E-state index in [-0.39, 0.29) is 24.5 Å². The fourth-order valence-electron chi connectivity index (χ4n) is 2.74. The van der Waals surface area contributed by atoms with E-state index < -0.39 is 6.04 Å². The van der Waals surface area contributed by atoms with Gasteiger partial charge in [0.15, 0.2) is 6.61 Å². The second kappa shape index (κ2) is 10.1. The molecule has 150 valence electrons. The zero-order valence-corrected chi connectivity index (χ0v) is 17.5. The summed E-state index contributed by atoms with van der Waals surface area (Å²) in [6.07, 6.45) is 0. The summed E-state index contributed by atoms with van der Waals surface area (Å²) in [5.74, 6) is -0.0445. The van der Waals surface area contributed by atoms with Gasteiger partial charge in [-0.25, -0.2) is 0 Å². The zero-order chi connectivity index (χ0) is 20.7. The molecule has 5 nitrogen and oxygen atoms in total. The molecule has 0 aliphatic carbocycles. The highest BCUT2D eigenvalue weighted by Gasteiger charge is 2.27. The fourth-order valence-corrected chi connectivity index (χ4v) is 2.93. The van der Waals surface area contributed by atoms with Crippen molar-refractivity contribution in [3.8, 4) is 5.75 Å². The number of carbonyl (C=O) groups is 2. The minimum Gasteiger partial charge on any atom is -0.482 e. The SMILES string of the molecule is Cc1ccccc1CN(C(=O)COc1ccccc1Cl)[C@H](C)C(=O)NC(C)C. The maximum absolute atomic E-state index is 13.0. The van der Waals surface area contributed by atoms with Crippen LogP contribution in [0.1, 0.15) is 31.9 Å². The predicted octanol–water partition coefficient (Wildman–Crippen LogP) is 3.97. The van der Waals surface area contributed by atoms with Gasteiger partial charge >= 0.3 is 0 Å². The van der Waals surface area contributed by atoms with Gasteiger partial charge < -0.3 is 15.0 Å². The highest BCUT2D eigenvalue weighted by molar-refractivity contribution is 6.32. The lowest BCUT2D eigenvalue weighted by Gasteiger charge is -2.29. The molecule has 0 spiro atoms. The number of hydrogen-bond acceptors (Lipinski definition) is 3. The molecule has 0 unspecified atom stereocenters. The number of ether oxygens (including phenoxy) is 1. The molecule has 1 atom stereocenters. The molecule has 28 heavy (non-hydrogen) atoms. The predicted molar refractivity (Wildman–Crippen MR) is 111 cm³/mol. The Labute approximate surface area is 171 Å². The molecule has 0 aromatic heterocycles. The normalized spacial score (nSPS) is 11.8. The Morgan fingerprint density at radius 1 is 1.07 bits per heavy atom. The molecule has 0 saturated heterocycles. The Bertz CT molecular complexity index is 823. The van der Waals surface area contributed by atoms with Crippen molar-refractivity contribution in [3.63, 3.8) is 0 Å². The first-order chi connectivity index (χ1) is 13.3. The third-order valence-electron chi connectivity index (χ3n) is 4.39. The van der Waals surface area contributed by atoms with Crippen molar-refractivity contribution in [2.24, 2.45) is 0 Å². The lowest BCUT2D eigenvalue weighted by Crippen LogP contribution is -2.50. The molecule has 0 bridgehead atoms. The van der Waals surface area contributed by atoms with Crippen LogP contribution in [0.5, 0.6) is 5.75 Å². The molecular weight excluding hydrogens is 376 g/mol. The molecule has 2 rings (SSSR count). The molecular formula is C22H27ClN2O3. The van der Waals surface area contributed by atoms with Crippen molar-refractivity contribution >= 4 is 23.4 Å². The van der Waals surface area contributed by atoms with Crippen LogP contribution in [-0.4, -0.2) is 35.4 Å². The number of carbonyl (C=O) groups excluding carboxylic acids is 2. The second-order valence-corrected chi connectivity index (χ2v) is 7.41. The van der Waals surface area contributed by atoms with Crippen LogP contribution >= 0.6 is 11.6 Å². The average molecular weight is 403 g/mol. The summed E-state index contributed by atoms with van der Waals surface area (Å²) < 4.78 is 5.60. The number of halogens is 1. The van der Waals surface area contributed by atoms with Crippen LogP contribution in [0.25, 0.3) is 0 Å². The highest BCUT2D eigenvalue weighted by atomic mass is 35.5. The summed E-state index contributed by atoms with van der Waals surface area (Å²) in [6.45, 7) is 7.61. The van der Waals surface area contributed by atoms with E-state index in [0.717, 1.165) is 11.1 Å². The van der Waals surface area contributed by atoms with Crippen molar-refractivity contribution in [1.82, 2.24) is 10.2 Å². The molecule has 2 amide bonds. The van der Waals surface area contributed by atoms with E-state index in [2.05, 4.69) is 5.32 Å². The minimum atomic E-state index is -0.635. The summed E-state index contributed by atoms with van der Waals surface area (Å²) in [5, 5.41) is 3.30. The molecule has 0 radical (unpaired) electrons. The quantitative estimate of drug-likeness (QED) is 0.726. The lowest BCUT2D eigenvalue weighted by molar-refractivity contribution is -0.142. The van der Waals surface area contributed by atoms with E-state index in [0.29, 0.717) is 17.3 Å². The van der Waals surface area contributed by atoms with E-state index in [4.69, 9.17) is 16.3 Å². The Hall–Kier alpha value is -2.53. The second-order valence-electron chi connectivity index (χ2n) is 7.01. The van der Waals surface area contributed by atoms with Crippen molar-refractivity contribution < 1.29 is 14.3 Å². The van der Waals surface area contributed by atoms with Crippen molar-refractivity contribution in [1.29, 1.82) is 0 Å². The van der Waals surface area contributed by atoms with Gasteiger partial charge in [-0.15, -0.1) is 0 Å². The van der Waals surface area contributed by atoms with Crippen LogP contribution in [0.2, 0.25) is 5.02 Å².